The fourth-order valence-corrected chi connectivity index (χ4v) is 0.621. The second kappa shape index (κ2) is 4.39. The predicted molar refractivity (Wildman–Crippen MR) is 37.2 cm³/mol. The standard InChI is InChI=1S/C6H5F6NO4/c1-17-3(15)4(16,6(10,11)12)13-2(14)5(7,8)9/h16H,1H3,(H,13,14)/t4-/m1/s1. The van der Waals surface area contributed by atoms with E-state index in [1.807, 2.05) is 0 Å². The van der Waals surface area contributed by atoms with Crippen molar-refractivity contribution in [1.29, 1.82) is 0 Å². The molecule has 2 N–H and O–H groups in total. The van der Waals surface area contributed by atoms with Crippen LogP contribution in [0, 0.1) is 0 Å². The molecule has 0 heterocycles. The Morgan fingerprint density at radius 3 is 1.76 bits per heavy atom. The van der Waals surface area contributed by atoms with Gasteiger partial charge in [0.05, 0.1) is 7.11 Å². The first kappa shape index (κ1) is 15.5. The van der Waals surface area contributed by atoms with E-state index in [0.29, 0.717) is 7.11 Å². The zero-order valence-corrected chi connectivity index (χ0v) is 7.94. The van der Waals surface area contributed by atoms with Crippen LogP contribution in [0.3, 0.4) is 0 Å². The maximum atomic E-state index is 12.2. The molecular weight excluding hydrogens is 264 g/mol. The largest absolute Gasteiger partial charge is 0.471 e. The van der Waals surface area contributed by atoms with Gasteiger partial charge in [0, 0.05) is 0 Å². The van der Waals surface area contributed by atoms with Gasteiger partial charge in [-0.2, -0.15) is 26.3 Å². The second-order valence-electron chi connectivity index (χ2n) is 2.65. The number of aliphatic hydroxyl groups is 1. The Morgan fingerprint density at radius 2 is 1.53 bits per heavy atom. The van der Waals surface area contributed by atoms with Gasteiger partial charge in [-0.25, -0.2) is 4.79 Å². The molecule has 11 heteroatoms. The number of esters is 1. The quantitative estimate of drug-likeness (QED) is 0.423. The van der Waals surface area contributed by atoms with Crippen molar-refractivity contribution in [3.05, 3.63) is 0 Å². The van der Waals surface area contributed by atoms with E-state index in [1.165, 1.54) is 0 Å². The van der Waals surface area contributed by atoms with Crippen LogP contribution >= 0.6 is 0 Å². The molecule has 0 bridgehead atoms. The van der Waals surface area contributed by atoms with Crippen molar-refractivity contribution in [2.24, 2.45) is 0 Å². The zero-order valence-electron chi connectivity index (χ0n) is 7.94. The highest BCUT2D eigenvalue weighted by Gasteiger charge is 2.64. The van der Waals surface area contributed by atoms with Gasteiger partial charge < -0.3 is 15.2 Å². The molecule has 0 aliphatic heterocycles. The zero-order chi connectivity index (χ0) is 14.1. The van der Waals surface area contributed by atoms with E-state index in [-0.39, 0.29) is 5.32 Å². The van der Waals surface area contributed by atoms with Crippen molar-refractivity contribution in [3.63, 3.8) is 0 Å². The first-order chi connectivity index (χ1) is 7.36. The molecule has 0 aromatic heterocycles. The molecule has 0 aromatic carbocycles. The number of hydrogen-bond acceptors (Lipinski definition) is 4. The summed E-state index contributed by atoms with van der Waals surface area (Å²) in [5, 5.41) is 8.83. The fourth-order valence-electron chi connectivity index (χ4n) is 0.621. The van der Waals surface area contributed by atoms with Crippen molar-refractivity contribution in [2.75, 3.05) is 7.11 Å². The third-order valence-corrected chi connectivity index (χ3v) is 1.44. The number of alkyl halides is 6. The Labute approximate surface area is 89.3 Å². The van der Waals surface area contributed by atoms with Gasteiger partial charge in [0.25, 0.3) is 0 Å². The van der Waals surface area contributed by atoms with Gasteiger partial charge >= 0.3 is 30.0 Å². The first-order valence-electron chi connectivity index (χ1n) is 3.63. The molecule has 0 fully saturated rings. The van der Waals surface area contributed by atoms with Crippen molar-refractivity contribution < 1.29 is 45.8 Å². The van der Waals surface area contributed by atoms with Gasteiger partial charge in [-0.3, -0.25) is 4.79 Å². The van der Waals surface area contributed by atoms with E-state index in [4.69, 9.17) is 5.11 Å². The number of halogens is 6. The number of amides is 1. The summed E-state index contributed by atoms with van der Waals surface area (Å²) in [6.07, 6.45) is -11.6. The van der Waals surface area contributed by atoms with Crippen LogP contribution in [0.5, 0.6) is 0 Å². The lowest BCUT2D eigenvalue weighted by Gasteiger charge is -2.28. The fraction of sp³-hybridized carbons (Fsp3) is 0.667. The highest BCUT2D eigenvalue weighted by Crippen LogP contribution is 2.30. The summed E-state index contributed by atoms with van der Waals surface area (Å²) in [6, 6.07) is 0. The molecule has 0 rings (SSSR count). The van der Waals surface area contributed by atoms with Crippen LogP contribution in [0.2, 0.25) is 0 Å². The summed E-state index contributed by atoms with van der Waals surface area (Å²) in [5.41, 5.74) is -4.76. The molecule has 0 unspecified atom stereocenters. The number of carbonyl (C=O) groups excluding carboxylic acids is 2. The maximum absolute atomic E-state index is 12.2. The lowest BCUT2D eigenvalue weighted by atomic mass is 10.2. The van der Waals surface area contributed by atoms with E-state index in [9.17, 15) is 35.9 Å². The summed E-state index contributed by atoms with van der Waals surface area (Å²) < 4.78 is 75.0. The molecular formula is C6H5F6NO4. The van der Waals surface area contributed by atoms with Gasteiger partial charge in [-0.05, 0) is 0 Å². The number of ether oxygens (including phenoxy) is 1. The van der Waals surface area contributed by atoms with E-state index in [1.54, 1.807) is 0 Å². The molecule has 17 heavy (non-hydrogen) atoms. The van der Waals surface area contributed by atoms with Crippen molar-refractivity contribution in [2.45, 2.75) is 18.1 Å². The summed E-state index contributed by atoms with van der Waals surface area (Å²) in [4.78, 5) is 20.8. The Bertz CT molecular complexity index is 323. The van der Waals surface area contributed by atoms with Crippen molar-refractivity contribution >= 4 is 11.9 Å². The molecule has 5 nitrogen and oxygen atoms in total. The van der Waals surface area contributed by atoms with Crippen LogP contribution in [0.4, 0.5) is 26.3 Å². The van der Waals surface area contributed by atoms with Gasteiger partial charge in [0.1, 0.15) is 0 Å². The van der Waals surface area contributed by atoms with Crippen molar-refractivity contribution in [1.82, 2.24) is 5.32 Å². The minimum Gasteiger partial charge on any atom is -0.465 e. The van der Waals surface area contributed by atoms with E-state index >= 15 is 0 Å². The van der Waals surface area contributed by atoms with Gasteiger partial charge in [0.15, 0.2) is 0 Å². The van der Waals surface area contributed by atoms with Crippen molar-refractivity contribution in [3.8, 4) is 0 Å². The van der Waals surface area contributed by atoms with Crippen LogP contribution < -0.4 is 5.32 Å². The molecule has 1 amide bonds. The summed E-state index contributed by atoms with van der Waals surface area (Å²) >= 11 is 0. The minimum absolute atomic E-state index is 0.116. The predicted octanol–water partition coefficient (Wildman–Crippen LogP) is 0.0888. The Morgan fingerprint density at radius 1 is 1.12 bits per heavy atom. The number of carbonyl (C=O) groups is 2. The second-order valence-corrected chi connectivity index (χ2v) is 2.65. The topological polar surface area (TPSA) is 75.6 Å². The Balaban J connectivity index is 5.26. The summed E-state index contributed by atoms with van der Waals surface area (Å²) in [6.45, 7) is 0. The number of rotatable bonds is 2. The number of methoxy groups -OCH3 is 1. The van der Waals surface area contributed by atoms with Crippen LogP contribution in [-0.2, 0) is 14.3 Å². The van der Waals surface area contributed by atoms with Crippen LogP contribution in [0.1, 0.15) is 0 Å². The Kier molecular flexibility index (Phi) is 4.00. The van der Waals surface area contributed by atoms with E-state index < -0.39 is 30.0 Å². The van der Waals surface area contributed by atoms with Gasteiger partial charge in [0.2, 0.25) is 0 Å². The molecule has 1 atom stereocenters. The summed E-state index contributed by atoms with van der Waals surface area (Å²) in [7, 11) is 0.388. The average Bonchev–Trinajstić information content (AvgIpc) is 2.12. The number of hydrogen-bond donors (Lipinski definition) is 2. The lowest BCUT2D eigenvalue weighted by Crippen LogP contribution is -2.66. The van der Waals surface area contributed by atoms with E-state index in [0.717, 1.165) is 0 Å². The SMILES string of the molecule is COC(=O)[C@](O)(NC(=O)C(F)(F)F)C(F)(F)F. The molecule has 0 aliphatic rings. The van der Waals surface area contributed by atoms with Gasteiger partial charge in [-0.15, -0.1) is 0 Å². The van der Waals surface area contributed by atoms with Crippen LogP contribution in [-0.4, -0.2) is 42.2 Å². The maximum Gasteiger partial charge on any atom is 0.471 e. The number of nitrogens with one attached hydrogen (secondary N) is 1. The third-order valence-electron chi connectivity index (χ3n) is 1.44. The monoisotopic (exact) mass is 269 g/mol. The smallest absolute Gasteiger partial charge is 0.465 e. The molecule has 0 saturated carbocycles. The Hall–Kier alpha value is -1.52. The molecule has 0 aromatic rings. The molecule has 100 valence electrons. The average molecular weight is 269 g/mol. The summed E-state index contributed by atoms with van der Waals surface area (Å²) in [5.74, 6) is -5.63. The normalized spacial score (nSPS) is 16.0. The highest BCUT2D eigenvalue weighted by molar-refractivity contribution is 5.89. The molecule has 0 saturated heterocycles. The van der Waals surface area contributed by atoms with Crippen LogP contribution in [0.15, 0.2) is 0 Å². The molecule has 0 spiro atoms. The lowest BCUT2D eigenvalue weighted by molar-refractivity contribution is -0.274. The third kappa shape index (κ3) is 3.22. The molecule has 0 aliphatic carbocycles. The highest BCUT2D eigenvalue weighted by atomic mass is 19.4. The first-order valence-corrected chi connectivity index (χ1v) is 3.63. The minimum atomic E-state index is -5.87. The van der Waals surface area contributed by atoms with Gasteiger partial charge in [-0.1, -0.05) is 0 Å². The van der Waals surface area contributed by atoms with E-state index in [2.05, 4.69) is 4.74 Å². The molecule has 0 radical (unpaired) electrons. The van der Waals surface area contributed by atoms with Crippen LogP contribution in [0.25, 0.3) is 0 Å².